The Morgan fingerprint density at radius 3 is 2.53 bits per heavy atom. The van der Waals surface area contributed by atoms with Crippen molar-refractivity contribution >= 4 is 46.0 Å². The van der Waals surface area contributed by atoms with Crippen molar-refractivity contribution in [2.24, 2.45) is 0 Å². The van der Waals surface area contributed by atoms with Crippen LogP contribution >= 0.6 is 34.4 Å². The van der Waals surface area contributed by atoms with Crippen LogP contribution in [0.25, 0.3) is 20.5 Å². The summed E-state index contributed by atoms with van der Waals surface area (Å²) in [6.07, 6.45) is 0. The zero-order valence-corrected chi connectivity index (χ0v) is 19.3. The molecule has 3 heterocycles. The van der Waals surface area contributed by atoms with Gasteiger partial charge >= 0.3 is 0 Å². The summed E-state index contributed by atoms with van der Waals surface area (Å²) in [5.74, 6) is 0.220. The summed E-state index contributed by atoms with van der Waals surface area (Å²) in [6.45, 7) is 6.02. The van der Waals surface area contributed by atoms with Crippen molar-refractivity contribution in [2.45, 2.75) is 25.8 Å². The highest BCUT2D eigenvalue weighted by molar-refractivity contribution is 7.99. The molecule has 0 atom stereocenters. The lowest BCUT2D eigenvalue weighted by atomic mass is 10.1. The summed E-state index contributed by atoms with van der Waals surface area (Å²) in [6, 6.07) is 13.9. The fraction of sp³-hybridized carbons (Fsp3) is 0.182. The van der Waals surface area contributed by atoms with E-state index in [1.807, 2.05) is 56.5 Å². The highest BCUT2D eigenvalue weighted by atomic mass is 32.2. The molecule has 0 saturated carbocycles. The van der Waals surface area contributed by atoms with Crippen LogP contribution in [-0.4, -0.2) is 26.8 Å². The molecule has 0 saturated heterocycles. The average molecular weight is 453 g/mol. The molecule has 152 valence electrons. The number of benzene rings is 1. The first-order valence-electron chi connectivity index (χ1n) is 9.34. The summed E-state index contributed by atoms with van der Waals surface area (Å²) < 4.78 is 0. The number of carbonyl (C=O) groups excluding carboxylic acids is 1. The summed E-state index contributed by atoms with van der Waals surface area (Å²) in [5.41, 5.74) is 4.82. The van der Waals surface area contributed by atoms with Gasteiger partial charge in [0, 0.05) is 5.69 Å². The topological polar surface area (TPSA) is 67.8 Å². The van der Waals surface area contributed by atoms with Crippen LogP contribution in [0.5, 0.6) is 0 Å². The summed E-state index contributed by atoms with van der Waals surface area (Å²) >= 11 is 4.67. The van der Waals surface area contributed by atoms with Crippen molar-refractivity contribution in [1.82, 2.24) is 15.2 Å². The Labute approximate surface area is 187 Å². The number of rotatable bonds is 6. The highest BCUT2D eigenvalue weighted by Gasteiger charge is 2.14. The van der Waals surface area contributed by atoms with E-state index in [1.165, 1.54) is 11.8 Å². The smallest absolute Gasteiger partial charge is 0.234 e. The zero-order valence-electron chi connectivity index (χ0n) is 16.8. The molecular weight excluding hydrogens is 432 g/mol. The van der Waals surface area contributed by atoms with E-state index in [9.17, 15) is 4.79 Å². The standard InChI is InChI=1S/C22H20N4OS3/c1-13-9-14(2)11-16(10-13)24-19(27)12-29-20-7-6-17(25-26-20)21-15(3)23-22(30-21)18-5-4-8-28-18/h4-11H,12H2,1-3H3,(H,24,27). The molecule has 0 radical (unpaired) electrons. The van der Waals surface area contributed by atoms with Gasteiger partial charge in [-0.2, -0.15) is 0 Å². The van der Waals surface area contributed by atoms with Crippen molar-refractivity contribution in [1.29, 1.82) is 0 Å². The van der Waals surface area contributed by atoms with E-state index in [0.29, 0.717) is 0 Å². The van der Waals surface area contributed by atoms with Gasteiger partial charge in [0.1, 0.15) is 15.7 Å². The van der Waals surface area contributed by atoms with Crippen molar-refractivity contribution in [3.05, 3.63) is 64.7 Å². The Kier molecular flexibility index (Phi) is 6.26. The Hall–Kier alpha value is -2.55. The first-order valence-corrected chi connectivity index (χ1v) is 12.0. The molecule has 0 bridgehead atoms. The van der Waals surface area contributed by atoms with Crippen LogP contribution in [0.3, 0.4) is 0 Å². The number of hydrogen-bond acceptors (Lipinski definition) is 7. The second-order valence-electron chi connectivity index (χ2n) is 6.88. The van der Waals surface area contributed by atoms with Crippen LogP contribution < -0.4 is 5.32 Å². The number of nitrogens with zero attached hydrogens (tertiary/aromatic N) is 3. The predicted molar refractivity (Wildman–Crippen MR) is 126 cm³/mol. The van der Waals surface area contributed by atoms with E-state index in [0.717, 1.165) is 48.0 Å². The number of anilines is 1. The lowest BCUT2D eigenvalue weighted by Gasteiger charge is -2.07. The molecule has 3 aromatic heterocycles. The Morgan fingerprint density at radius 2 is 1.87 bits per heavy atom. The van der Waals surface area contributed by atoms with Gasteiger partial charge in [-0.3, -0.25) is 4.79 Å². The highest BCUT2D eigenvalue weighted by Crippen LogP contribution is 2.36. The normalized spacial score (nSPS) is 10.9. The molecule has 1 amide bonds. The van der Waals surface area contributed by atoms with Gasteiger partial charge in [-0.1, -0.05) is 23.9 Å². The fourth-order valence-electron chi connectivity index (χ4n) is 3.04. The molecule has 0 aliphatic heterocycles. The minimum atomic E-state index is -0.0604. The van der Waals surface area contributed by atoms with Crippen LogP contribution in [0.4, 0.5) is 5.69 Å². The molecule has 0 unspecified atom stereocenters. The van der Waals surface area contributed by atoms with Gasteiger partial charge in [0.2, 0.25) is 5.91 Å². The van der Waals surface area contributed by atoms with Gasteiger partial charge in [-0.05, 0) is 67.6 Å². The Balaban J connectivity index is 1.39. The molecule has 4 rings (SSSR count). The second kappa shape index (κ2) is 9.07. The van der Waals surface area contributed by atoms with Gasteiger partial charge < -0.3 is 5.32 Å². The van der Waals surface area contributed by atoms with E-state index >= 15 is 0 Å². The minimum absolute atomic E-state index is 0.0604. The summed E-state index contributed by atoms with van der Waals surface area (Å²) in [5, 5.41) is 15.4. The lowest BCUT2D eigenvalue weighted by molar-refractivity contribution is -0.113. The number of aromatic nitrogens is 3. The molecular formula is C22H20N4OS3. The van der Waals surface area contributed by atoms with Crippen molar-refractivity contribution in [3.63, 3.8) is 0 Å². The first-order chi connectivity index (χ1) is 14.5. The second-order valence-corrected chi connectivity index (χ2v) is 9.82. The summed E-state index contributed by atoms with van der Waals surface area (Å²) in [4.78, 5) is 19.1. The monoisotopic (exact) mass is 452 g/mol. The Morgan fingerprint density at radius 1 is 1.07 bits per heavy atom. The number of carbonyl (C=O) groups is 1. The zero-order chi connectivity index (χ0) is 21.1. The number of thiazole rings is 1. The van der Waals surface area contributed by atoms with E-state index in [4.69, 9.17) is 0 Å². The van der Waals surface area contributed by atoms with Crippen LogP contribution in [0.1, 0.15) is 16.8 Å². The van der Waals surface area contributed by atoms with Crippen LogP contribution in [-0.2, 0) is 4.79 Å². The number of nitrogens with one attached hydrogen (secondary N) is 1. The van der Waals surface area contributed by atoms with Crippen LogP contribution in [0.2, 0.25) is 0 Å². The third kappa shape index (κ3) is 4.95. The molecule has 30 heavy (non-hydrogen) atoms. The molecule has 0 fully saturated rings. The quantitative estimate of drug-likeness (QED) is 0.364. The first kappa shape index (κ1) is 20.7. The van der Waals surface area contributed by atoms with Crippen molar-refractivity contribution in [2.75, 3.05) is 11.1 Å². The van der Waals surface area contributed by atoms with Crippen molar-refractivity contribution < 1.29 is 4.79 Å². The lowest BCUT2D eigenvalue weighted by Crippen LogP contribution is -2.14. The largest absolute Gasteiger partial charge is 0.325 e. The minimum Gasteiger partial charge on any atom is -0.325 e. The average Bonchev–Trinajstić information content (AvgIpc) is 3.36. The molecule has 0 aliphatic rings. The number of thioether (sulfide) groups is 1. The Bertz CT molecular complexity index is 1150. The molecule has 0 spiro atoms. The van der Waals surface area contributed by atoms with Crippen LogP contribution in [0, 0.1) is 20.8 Å². The number of thiophene rings is 1. The van der Waals surface area contributed by atoms with E-state index in [1.54, 1.807) is 22.7 Å². The fourth-order valence-corrected chi connectivity index (χ4v) is 5.48. The van der Waals surface area contributed by atoms with Gasteiger partial charge in [0.05, 0.1) is 21.2 Å². The number of amides is 1. The maximum Gasteiger partial charge on any atom is 0.234 e. The van der Waals surface area contributed by atoms with E-state index in [2.05, 4.69) is 32.6 Å². The van der Waals surface area contributed by atoms with E-state index < -0.39 is 0 Å². The van der Waals surface area contributed by atoms with Crippen molar-refractivity contribution in [3.8, 4) is 20.5 Å². The predicted octanol–water partition coefficient (Wildman–Crippen LogP) is 5.98. The molecule has 1 aromatic carbocycles. The number of aryl methyl sites for hydroxylation is 3. The van der Waals surface area contributed by atoms with Gasteiger partial charge in [-0.15, -0.1) is 32.9 Å². The third-order valence-corrected chi connectivity index (χ3v) is 7.40. The third-order valence-electron chi connectivity index (χ3n) is 4.26. The van der Waals surface area contributed by atoms with Gasteiger partial charge in [-0.25, -0.2) is 4.98 Å². The summed E-state index contributed by atoms with van der Waals surface area (Å²) in [7, 11) is 0. The SMILES string of the molecule is Cc1cc(C)cc(NC(=O)CSc2ccc(-c3sc(-c4cccs4)nc3C)nn2)c1. The molecule has 8 heteroatoms. The van der Waals surface area contributed by atoms with E-state index in [-0.39, 0.29) is 11.7 Å². The molecule has 5 nitrogen and oxygen atoms in total. The maximum absolute atomic E-state index is 12.3. The molecule has 0 aliphatic carbocycles. The molecule has 1 N–H and O–H groups in total. The maximum atomic E-state index is 12.3. The van der Waals surface area contributed by atoms with Gasteiger partial charge in [0.25, 0.3) is 0 Å². The van der Waals surface area contributed by atoms with Crippen LogP contribution in [0.15, 0.2) is 52.9 Å². The molecule has 4 aromatic rings. The van der Waals surface area contributed by atoms with Gasteiger partial charge in [0.15, 0.2) is 0 Å². The number of hydrogen-bond donors (Lipinski definition) is 1.